The Morgan fingerprint density at radius 3 is 2.15 bits per heavy atom. The number of fused-ring (bicyclic) bond motifs is 3. The van der Waals surface area contributed by atoms with Crippen LogP contribution < -0.4 is 0 Å². The van der Waals surface area contributed by atoms with Gasteiger partial charge in [0.2, 0.25) is 0 Å². The lowest BCUT2D eigenvalue weighted by Gasteiger charge is -2.48. The summed E-state index contributed by atoms with van der Waals surface area (Å²) in [7, 11) is 0. The van der Waals surface area contributed by atoms with E-state index in [2.05, 4.69) is 6.92 Å². The molecule has 4 aliphatic rings. The fourth-order valence-electron chi connectivity index (χ4n) is 9.11. The van der Waals surface area contributed by atoms with Gasteiger partial charge in [0.1, 0.15) is 30.0 Å². The first kappa shape index (κ1) is 36.8. The molecule has 0 aliphatic heterocycles. The molecule has 3 N–H and O–H groups in total. The van der Waals surface area contributed by atoms with E-state index in [1.165, 1.54) is 38.5 Å². The number of unbranched alkanes of at least 4 members (excludes halogenated alkanes) is 8. The van der Waals surface area contributed by atoms with Crippen molar-refractivity contribution in [3.05, 3.63) is 23.3 Å². The fourth-order valence-corrected chi connectivity index (χ4v) is 9.11. The second-order valence-corrected chi connectivity index (χ2v) is 15.9. The SMILES string of the molecule is CCCCCCCCCCCC(=O)O[C@@]12CC(C)C34C=C(C)[C@H](O)[C@@]3(O)[C@H](O)C(COC(=O)C(C)C(C)C)=C[C@H](C4=O)[C@@H]1C2(C)C. The smallest absolute Gasteiger partial charge is 0.309 e. The lowest BCUT2D eigenvalue weighted by atomic mass is 9.59. The standard InChI is InChI=1S/C38H60O8/c1-9-10-11-12-13-14-15-16-17-18-29(39)46-37-21-25(5)36-20-24(4)31(40)38(36,44)32(41)27(22-45-34(43)26(6)23(2)3)19-28(33(36)42)30(37)35(37,7)8/h19-20,23,25-26,28,30-32,40-41,44H,9-18,21-22H2,1-8H3/t25?,26?,28-,30+,31-,32+,36?,37-,38+/m0/s1. The average Bonchev–Trinajstić information content (AvgIpc) is 3.41. The molecule has 1 spiro atoms. The Hall–Kier alpha value is -2.03. The monoisotopic (exact) mass is 644 g/mol. The minimum Gasteiger partial charge on any atom is -0.461 e. The highest BCUT2D eigenvalue weighted by Crippen LogP contribution is 2.75. The summed E-state index contributed by atoms with van der Waals surface area (Å²) < 4.78 is 12.0. The van der Waals surface area contributed by atoms with Crippen LogP contribution in [0, 0.1) is 40.4 Å². The highest BCUT2D eigenvalue weighted by atomic mass is 16.6. The van der Waals surface area contributed by atoms with Crippen molar-refractivity contribution in [2.24, 2.45) is 40.4 Å². The Kier molecular flexibility index (Phi) is 11.1. The molecule has 0 aromatic carbocycles. The molecule has 2 bridgehead atoms. The average molecular weight is 645 g/mol. The van der Waals surface area contributed by atoms with E-state index in [0.29, 0.717) is 18.4 Å². The predicted octanol–water partition coefficient (Wildman–Crippen LogP) is 6.24. The van der Waals surface area contributed by atoms with Crippen molar-refractivity contribution in [2.45, 2.75) is 149 Å². The van der Waals surface area contributed by atoms with Gasteiger partial charge in [0.05, 0.1) is 11.3 Å². The molecule has 4 rings (SSSR count). The molecule has 0 saturated heterocycles. The quantitative estimate of drug-likeness (QED) is 0.108. The lowest BCUT2D eigenvalue weighted by molar-refractivity contribution is -0.192. The second kappa shape index (κ2) is 13.8. The third kappa shape index (κ3) is 5.93. The molecule has 46 heavy (non-hydrogen) atoms. The zero-order valence-electron chi connectivity index (χ0n) is 29.6. The molecule has 0 amide bonds. The third-order valence-electron chi connectivity index (χ3n) is 12.4. The third-order valence-corrected chi connectivity index (χ3v) is 12.4. The summed E-state index contributed by atoms with van der Waals surface area (Å²) in [4.78, 5) is 41.0. The van der Waals surface area contributed by atoms with Crippen molar-refractivity contribution in [3.8, 4) is 0 Å². The topological polar surface area (TPSA) is 130 Å². The lowest BCUT2D eigenvalue weighted by Crippen LogP contribution is -2.65. The summed E-state index contributed by atoms with van der Waals surface area (Å²) in [6.45, 7) is 15.0. The van der Waals surface area contributed by atoms with Crippen molar-refractivity contribution in [3.63, 3.8) is 0 Å². The van der Waals surface area contributed by atoms with Gasteiger partial charge in [0, 0.05) is 23.7 Å². The number of ether oxygens (including phenoxy) is 2. The molecule has 8 nitrogen and oxygen atoms in total. The first-order valence-corrected chi connectivity index (χ1v) is 18.0. The fraction of sp³-hybridized carbons (Fsp3) is 0.816. The molecule has 2 fully saturated rings. The summed E-state index contributed by atoms with van der Waals surface area (Å²) in [5.41, 5.74) is -4.80. The molecular formula is C38H60O8. The Balaban J connectivity index is 1.59. The van der Waals surface area contributed by atoms with Crippen molar-refractivity contribution in [1.29, 1.82) is 0 Å². The predicted molar refractivity (Wildman–Crippen MR) is 176 cm³/mol. The summed E-state index contributed by atoms with van der Waals surface area (Å²) in [6, 6.07) is 0. The van der Waals surface area contributed by atoms with Crippen LogP contribution in [-0.4, -0.2) is 63.1 Å². The van der Waals surface area contributed by atoms with Crippen LogP contribution in [0.25, 0.3) is 0 Å². The van der Waals surface area contributed by atoms with Gasteiger partial charge < -0.3 is 24.8 Å². The second-order valence-electron chi connectivity index (χ2n) is 15.9. The van der Waals surface area contributed by atoms with E-state index in [9.17, 15) is 29.7 Å². The number of carbonyl (C=O) groups excluding carboxylic acids is 3. The normalized spacial score (nSPS) is 36.5. The summed E-state index contributed by atoms with van der Waals surface area (Å²) in [5, 5.41) is 35.6. The number of aliphatic hydroxyl groups excluding tert-OH is 2. The van der Waals surface area contributed by atoms with E-state index >= 15 is 0 Å². The van der Waals surface area contributed by atoms with Crippen LogP contribution in [-0.2, 0) is 23.9 Å². The van der Waals surface area contributed by atoms with Gasteiger partial charge in [-0.3, -0.25) is 14.4 Å². The van der Waals surface area contributed by atoms with Gasteiger partial charge in [-0.2, -0.15) is 0 Å². The largest absolute Gasteiger partial charge is 0.461 e. The first-order valence-electron chi connectivity index (χ1n) is 18.0. The molecule has 0 heterocycles. The molecule has 2 saturated carbocycles. The molecule has 0 aromatic rings. The van der Waals surface area contributed by atoms with Crippen LogP contribution in [0.1, 0.15) is 126 Å². The van der Waals surface area contributed by atoms with Gasteiger partial charge in [0.25, 0.3) is 0 Å². The number of ketones is 1. The Morgan fingerprint density at radius 2 is 1.57 bits per heavy atom. The number of allylic oxidation sites excluding steroid dienone is 1. The number of hydrogen-bond donors (Lipinski definition) is 3. The van der Waals surface area contributed by atoms with E-state index in [4.69, 9.17) is 9.47 Å². The van der Waals surface area contributed by atoms with E-state index in [1.807, 2.05) is 34.6 Å². The van der Waals surface area contributed by atoms with E-state index in [0.717, 1.165) is 19.3 Å². The number of carbonyl (C=O) groups is 3. The van der Waals surface area contributed by atoms with Crippen LogP contribution in [0.2, 0.25) is 0 Å². The summed E-state index contributed by atoms with van der Waals surface area (Å²) in [6.07, 6.45) is 11.0. The Morgan fingerprint density at radius 1 is 0.978 bits per heavy atom. The van der Waals surface area contributed by atoms with Gasteiger partial charge in [-0.25, -0.2) is 0 Å². The molecule has 0 aromatic heterocycles. The van der Waals surface area contributed by atoms with Gasteiger partial charge in [-0.15, -0.1) is 0 Å². The Bertz CT molecular complexity index is 1220. The maximum atomic E-state index is 14.8. The van der Waals surface area contributed by atoms with Crippen LogP contribution in [0.15, 0.2) is 23.3 Å². The number of esters is 2. The maximum Gasteiger partial charge on any atom is 0.309 e. The molecule has 3 unspecified atom stereocenters. The van der Waals surface area contributed by atoms with Gasteiger partial charge in [0.15, 0.2) is 5.78 Å². The number of Topliss-reactive ketones (excluding diaryl/α,β-unsaturated/α-hetero) is 1. The number of hydrogen-bond acceptors (Lipinski definition) is 8. The maximum absolute atomic E-state index is 14.8. The van der Waals surface area contributed by atoms with Crippen LogP contribution in [0.3, 0.4) is 0 Å². The Labute approximate surface area is 276 Å². The number of aliphatic hydroxyl groups is 3. The van der Waals surface area contributed by atoms with E-state index in [1.54, 1.807) is 26.0 Å². The van der Waals surface area contributed by atoms with Crippen molar-refractivity contribution >= 4 is 17.7 Å². The van der Waals surface area contributed by atoms with E-state index < -0.39 is 58.0 Å². The van der Waals surface area contributed by atoms with Crippen LogP contribution in [0.5, 0.6) is 0 Å². The van der Waals surface area contributed by atoms with Crippen molar-refractivity contribution < 1.29 is 39.2 Å². The van der Waals surface area contributed by atoms with Crippen LogP contribution >= 0.6 is 0 Å². The highest BCUT2D eigenvalue weighted by Gasteiger charge is 2.83. The summed E-state index contributed by atoms with van der Waals surface area (Å²) >= 11 is 0. The van der Waals surface area contributed by atoms with Gasteiger partial charge >= 0.3 is 11.9 Å². The molecule has 4 aliphatic carbocycles. The molecule has 260 valence electrons. The van der Waals surface area contributed by atoms with Gasteiger partial charge in [-0.1, -0.05) is 112 Å². The highest BCUT2D eigenvalue weighted by molar-refractivity contribution is 5.96. The molecule has 8 heteroatoms. The minimum absolute atomic E-state index is 0.0414. The molecule has 9 atom stereocenters. The molecular weight excluding hydrogens is 584 g/mol. The molecule has 0 radical (unpaired) electrons. The van der Waals surface area contributed by atoms with Crippen molar-refractivity contribution in [1.82, 2.24) is 0 Å². The summed E-state index contributed by atoms with van der Waals surface area (Å²) in [5.74, 6) is -3.17. The van der Waals surface area contributed by atoms with Crippen molar-refractivity contribution in [2.75, 3.05) is 6.61 Å². The zero-order chi connectivity index (χ0) is 34.2. The van der Waals surface area contributed by atoms with Crippen LogP contribution in [0.4, 0.5) is 0 Å². The minimum atomic E-state index is -2.27. The number of rotatable bonds is 15. The zero-order valence-corrected chi connectivity index (χ0v) is 29.6. The first-order chi connectivity index (χ1) is 21.5. The van der Waals surface area contributed by atoms with Gasteiger partial charge in [-0.05, 0) is 42.7 Å². The van der Waals surface area contributed by atoms with E-state index in [-0.39, 0.29) is 35.8 Å².